The fourth-order valence-corrected chi connectivity index (χ4v) is 1.44. The molecule has 0 saturated heterocycles. The minimum Gasteiger partial charge on any atom is -0.480 e. The molecule has 14 heavy (non-hydrogen) atoms. The first-order valence-corrected chi connectivity index (χ1v) is 4.82. The van der Waals surface area contributed by atoms with Crippen molar-refractivity contribution in [2.24, 2.45) is 4.99 Å². The van der Waals surface area contributed by atoms with Gasteiger partial charge in [0, 0.05) is 19.5 Å². The Hall–Kier alpha value is -1.10. The maximum atomic E-state index is 10.2. The molecule has 0 aromatic carbocycles. The number of carboxylic acid groups (broad SMARTS) is 1. The normalized spacial score (nSPS) is 15.8. The summed E-state index contributed by atoms with van der Waals surface area (Å²) in [4.78, 5) is 16.6. The molecular weight excluding hydrogens is 184 g/mol. The molecule has 80 valence electrons. The van der Waals surface area contributed by atoms with E-state index in [1.807, 2.05) is 0 Å². The fourth-order valence-electron chi connectivity index (χ4n) is 1.44. The monoisotopic (exact) mass is 200 g/mol. The molecule has 0 aromatic heterocycles. The molecule has 5 heteroatoms. The summed E-state index contributed by atoms with van der Waals surface area (Å²) in [6.45, 7) is 4.81. The van der Waals surface area contributed by atoms with E-state index in [0.29, 0.717) is 6.61 Å². The Kier molecular flexibility index (Phi) is 4.39. The average Bonchev–Trinajstić information content (AvgIpc) is 2.59. The van der Waals surface area contributed by atoms with Crippen molar-refractivity contribution in [1.29, 1.82) is 0 Å². The number of carboxylic acids is 1. The number of amidine groups is 1. The number of aliphatic imine (C=N–C) groups is 1. The zero-order valence-electron chi connectivity index (χ0n) is 8.40. The van der Waals surface area contributed by atoms with Crippen molar-refractivity contribution >= 4 is 11.8 Å². The number of aliphatic carboxylic acids is 1. The summed E-state index contributed by atoms with van der Waals surface area (Å²) in [5.41, 5.74) is 0. The predicted octanol–water partition coefficient (Wildman–Crippen LogP) is 0.212. The highest BCUT2D eigenvalue weighted by molar-refractivity contribution is 5.83. The molecule has 1 heterocycles. The van der Waals surface area contributed by atoms with Crippen LogP contribution in [0.3, 0.4) is 0 Å². The van der Waals surface area contributed by atoms with Crippen LogP contribution >= 0.6 is 0 Å². The lowest BCUT2D eigenvalue weighted by Gasteiger charge is -2.18. The number of ether oxygens (including phenoxy) is 1. The van der Waals surface area contributed by atoms with E-state index < -0.39 is 5.97 Å². The summed E-state index contributed by atoms with van der Waals surface area (Å²) >= 11 is 0. The second kappa shape index (κ2) is 5.59. The van der Waals surface area contributed by atoms with Crippen LogP contribution in [0.4, 0.5) is 0 Å². The molecule has 0 atom stereocenters. The predicted molar refractivity (Wildman–Crippen MR) is 52.6 cm³/mol. The summed E-state index contributed by atoms with van der Waals surface area (Å²) in [6.07, 6.45) is 0.929. The summed E-state index contributed by atoms with van der Waals surface area (Å²) in [6, 6.07) is 0. The minimum atomic E-state index is -0.921. The third-order valence-corrected chi connectivity index (χ3v) is 2.08. The van der Waals surface area contributed by atoms with Gasteiger partial charge in [-0.2, -0.15) is 0 Å². The van der Waals surface area contributed by atoms with Gasteiger partial charge in [-0.05, 0) is 0 Å². The minimum absolute atomic E-state index is 0.216. The molecule has 5 nitrogen and oxygen atoms in total. The second-order valence-corrected chi connectivity index (χ2v) is 3.08. The first-order chi connectivity index (χ1) is 6.74. The van der Waals surface area contributed by atoms with Crippen LogP contribution in [-0.2, 0) is 9.53 Å². The van der Waals surface area contributed by atoms with Crippen LogP contribution in [0.5, 0.6) is 0 Å². The third-order valence-electron chi connectivity index (χ3n) is 2.08. The summed E-state index contributed by atoms with van der Waals surface area (Å²) < 4.78 is 4.95. The molecule has 1 aliphatic rings. The van der Waals surface area contributed by atoms with Gasteiger partial charge >= 0.3 is 5.97 Å². The van der Waals surface area contributed by atoms with Crippen LogP contribution in [0.15, 0.2) is 4.99 Å². The highest BCUT2D eigenvalue weighted by atomic mass is 16.5. The van der Waals surface area contributed by atoms with E-state index in [4.69, 9.17) is 9.84 Å². The molecular formula is C9H16N2O3. The SMILES string of the molecule is CCC1=NCCN1CCOCC(=O)O. The Labute approximate surface area is 83.4 Å². The van der Waals surface area contributed by atoms with E-state index in [1.165, 1.54) is 0 Å². The molecule has 0 aliphatic carbocycles. The Morgan fingerprint density at radius 1 is 1.71 bits per heavy atom. The first-order valence-electron chi connectivity index (χ1n) is 4.82. The second-order valence-electron chi connectivity index (χ2n) is 3.08. The van der Waals surface area contributed by atoms with E-state index in [1.54, 1.807) is 0 Å². The molecule has 1 aliphatic heterocycles. The van der Waals surface area contributed by atoms with Crippen LogP contribution in [0.1, 0.15) is 13.3 Å². The van der Waals surface area contributed by atoms with Gasteiger partial charge in [0.2, 0.25) is 0 Å². The zero-order chi connectivity index (χ0) is 10.4. The van der Waals surface area contributed by atoms with Gasteiger partial charge < -0.3 is 14.7 Å². The number of rotatable bonds is 6. The van der Waals surface area contributed by atoms with Crippen molar-refractivity contribution in [2.75, 3.05) is 32.8 Å². The van der Waals surface area contributed by atoms with Crippen molar-refractivity contribution in [3.8, 4) is 0 Å². The van der Waals surface area contributed by atoms with Gasteiger partial charge in [-0.3, -0.25) is 4.99 Å². The number of nitrogens with zero attached hydrogens (tertiary/aromatic N) is 2. The van der Waals surface area contributed by atoms with Crippen molar-refractivity contribution < 1.29 is 14.6 Å². The maximum absolute atomic E-state index is 10.2. The number of hydrogen-bond acceptors (Lipinski definition) is 4. The summed E-state index contributed by atoms with van der Waals surface area (Å²) in [7, 11) is 0. The molecule has 0 aromatic rings. The van der Waals surface area contributed by atoms with E-state index in [0.717, 1.165) is 31.9 Å². The van der Waals surface area contributed by atoms with Crippen molar-refractivity contribution in [3.63, 3.8) is 0 Å². The fraction of sp³-hybridized carbons (Fsp3) is 0.778. The van der Waals surface area contributed by atoms with Gasteiger partial charge in [-0.15, -0.1) is 0 Å². The topological polar surface area (TPSA) is 62.1 Å². The summed E-state index contributed by atoms with van der Waals surface area (Å²) in [5, 5.41) is 8.34. The van der Waals surface area contributed by atoms with E-state index in [2.05, 4.69) is 16.8 Å². The molecule has 1 N–H and O–H groups in total. The van der Waals surface area contributed by atoms with Gasteiger partial charge in [-0.1, -0.05) is 6.92 Å². The number of hydrogen-bond donors (Lipinski definition) is 1. The molecule has 0 radical (unpaired) electrons. The van der Waals surface area contributed by atoms with Crippen molar-refractivity contribution in [2.45, 2.75) is 13.3 Å². The molecule has 0 amide bonds. The van der Waals surface area contributed by atoms with Gasteiger partial charge in [0.25, 0.3) is 0 Å². The quantitative estimate of drug-likeness (QED) is 0.623. The molecule has 0 bridgehead atoms. The van der Waals surface area contributed by atoms with Gasteiger partial charge in [0.1, 0.15) is 6.61 Å². The maximum Gasteiger partial charge on any atom is 0.329 e. The first kappa shape index (κ1) is 11.0. The van der Waals surface area contributed by atoms with Crippen LogP contribution < -0.4 is 0 Å². The lowest BCUT2D eigenvalue weighted by atomic mass is 10.4. The highest BCUT2D eigenvalue weighted by Gasteiger charge is 2.14. The average molecular weight is 200 g/mol. The van der Waals surface area contributed by atoms with Gasteiger partial charge in [0.05, 0.1) is 19.0 Å². The van der Waals surface area contributed by atoms with Crippen LogP contribution in [0.25, 0.3) is 0 Å². The van der Waals surface area contributed by atoms with E-state index in [-0.39, 0.29) is 6.61 Å². The smallest absolute Gasteiger partial charge is 0.329 e. The van der Waals surface area contributed by atoms with Gasteiger partial charge in [0.15, 0.2) is 0 Å². The van der Waals surface area contributed by atoms with E-state index in [9.17, 15) is 4.79 Å². The van der Waals surface area contributed by atoms with Gasteiger partial charge in [-0.25, -0.2) is 4.79 Å². The molecule has 0 spiro atoms. The van der Waals surface area contributed by atoms with Crippen LogP contribution in [0, 0.1) is 0 Å². The molecule has 1 rings (SSSR count). The summed E-state index contributed by atoms with van der Waals surface area (Å²) in [5.74, 6) is 0.180. The lowest BCUT2D eigenvalue weighted by Crippen LogP contribution is -2.31. The van der Waals surface area contributed by atoms with Crippen molar-refractivity contribution in [3.05, 3.63) is 0 Å². The van der Waals surface area contributed by atoms with Crippen LogP contribution in [-0.4, -0.2) is 54.7 Å². The Balaban J connectivity index is 2.12. The third kappa shape index (κ3) is 3.33. The van der Waals surface area contributed by atoms with E-state index >= 15 is 0 Å². The Morgan fingerprint density at radius 3 is 3.14 bits per heavy atom. The van der Waals surface area contributed by atoms with Crippen molar-refractivity contribution in [1.82, 2.24) is 4.90 Å². The standard InChI is InChI=1S/C9H16N2O3/c1-2-8-10-3-4-11(8)5-6-14-7-9(12)13/h2-7H2,1H3,(H,12,13). The lowest BCUT2D eigenvalue weighted by molar-refractivity contribution is -0.142. The Bertz CT molecular complexity index is 228. The Morgan fingerprint density at radius 2 is 2.50 bits per heavy atom. The largest absolute Gasteiger partial charge is 0.480 e. The number of carbonyl (C=O) groups is 1. The molecule has 0 saturated carbocycles. The molecule has 0 unspecified atom stereocenters. The zero-order valence-corrected chi connectivity index (χ0v) is 8.40. The highest BCUT2D eigenvalue weighted by Crippen LogP contribution is 2.03. The molecule has 0 fully saturated rings. The van der Waals surface area contributed by atoms with Crippen LogP contribution in [0.2, 0.25) is 0 Å².